The van der Waals surface area contributed by atoms with Crippen LogP contribution < -0.4 is 0 Å². The van der Waals surface area contributed by atoms with Gasteiger partial charge in [0, 0.05) is 23.7 Å². The molecule has 1 aliphatic rings. The van der Waals surface area contributed by atoms with Crippen LogP contribution in [0, 0.1) is 13.8 Å². The lowest BCUT2D eigenvalue weighted by Crippen LogP contribution is -2.06. The molecule has 21 heavy (non-hydrogen) atoms. The van der Waals surface area contributed by atoms with Crippen LogP contribution >= 0.6 is 11.8 Å². The van der Waals surface area contributed by atoms with Gasteiger partial charge in [0.15, 0.2) is 5.16 Å². The first kappa shape index (κ1) is 14.1. The molecule has 0 aliphatic heterocycles. The molecule has 0 bridgehead atoms. The maximum absolute atomic E-state index is 10.7. The molecule has 0 saturated heterocycles. The standard InChI is InChI=1S/C13H17N5O2S/c1-7-10(8(2)15-14-7)5-11-16-17-13(21-6-12(19)20)18(11)9-3-4-9/h9H,3-6H2,1-2H3,(H,14,15)(H,19,20). The number of aliphatic carboxylic acids is 1. The number of hydrogen-bond acceptors (Lipinski definition) is 5. The van der Waals surface area contributed by atoms with E-state index in [2.05, 4.69) is 25.0 Å². The largest absolute Gasteiger partial charge is 0.481 e. The number of nitrogens with one attached hydrogen (secondary N) is 1. The lowest BCUT2D eigenvalue weighted by Gasteiger charge is -2.08. The number of carbonyl (C=O) groups is 1. The number of rotatable bonds is 6. The van der Waals surface area contributed by atoms with Gasteiger partial charge in [0.05, 0.1) is 11.4 Å². The first-order chi connectivity index (χ1) is 10.1. The molecule has 1 aliphatic carbocycles. The van der Waals surface area contributed by atoms with Crippen LogP contribution in [0.5, 0.6) is 0 Å². The van der Waals surface area contributed by atoms with E-state index in [0.717, 1.165) is 35.6 Å². The van der Waals surface area contributed by atoms with Gasteiger partial charge in [0.1, 0.15) is 5.82 Å². The topological polar surface area (TPSA) is 96.7 Å². The van der Waals surface area contributed by atoms with Gasteiger partial charge in [0.25, 0.3) is 0 Å². The van der Waals surface area contributed by atoms with Gasteiger partial charge >= 0.3 is 5.97 Å². The maximum atomic E-state index is 10.7. The van der Waals surface area contributed by atoms with Gasteiger partial charge in [0.2, 0.25) is 0 Å². The number of nitrogens with zero attached hydrogens (tertiary/aromatic N) is 4. The Morgan fingerprint density at radius 2 is 2.19 bits per heavy atom. The van der Waals surface area contributed by atoms with E-state index in [9.17, 15) is 4.79 Å². The first-order valence-corrected chi connectivity index (χ1v) is 7.83. The number of H-pyrrole nitrogens is 1. The number of thioether (sulfide) groups is 1. The van der Waals surface area contributed by atoms with E-state index in [4.69, 9.17) is 5.11 Å². The average Bonchev–Trinajstić information content (AvgIpc) is 3.13. The molecule has 1 saturated carbocycles. The second kappa shape index (κ2) is 5.51. The van der Waals surface area contributed by atoms with Crippen molar-refractivity contribution in [3.63, 3.8) is 0 Å². The molecule has 1 fully saturated rings. The van der Waals surface area contributed by atoms with Crippen LogP contribution in [-0.2, 0) is 11.2 Å². The minimum absolute atomic E-state index is 0.00855. The zero-order chi connectivity index (χ0) is 15.0. The lowest BCUT2D eigenvalue weighted by atomic mass is 10.1. The molecule has 2 heterocycles. The number of aryl methyl sites for hydroxylation is 2. The Bertz CT molecular complexity index is 655. The Kier molecular flexibility index (Phi) is 3.71. The predicted molar refractivity (Wildman–Crippen MR) is 77.5 cm³/mol. The van der Waals surface area contributed by atoms with Crippen LogP contribution in [0.1, 0.15) is 41.7 Å². The molecule has 7 nitrogen and oxygen atoms in total. The third-order valence-electron chi connectivity index (χ3n) is 3.59. The van der Waals surface area contributed by atoms with Crippen LogP contribution in [0.2, 0.25) is 0 Å². The maximum Gasteiger partial charge on any atom is 0.313 e. The van der Waals surface area contributed by atoms with E-state index in [1.165, 1.54) is 11.8 Å². The number of aromatic amines is 1. The van der Waals surface area contributed by atoms with Crippen molar-refractivity contribution in [2.45, 2.75) is 44.3 Å². The molecular weight excluding hydrogens is 290 g/mol. The highest BCUT2D eigenvalue weighted by Crippen LogP contribution is 2.39. The second-order valence-corrected chi connectivity index (χ2v) is 6.21. The summed E-state index contributed by atoms with van der Waals surface area (Å²) in [4.78, 5) is 10.7. The summed E-state index contributed by atoms with van der Waals surface area (Å²) in [5.74, 6) is 0.0562. The van der Waals surface area contributed by atoms with Gasteiger partial charge < -0.3 is 9.67 Å². The number of carboxylic acid groups (broad SMARTS) is 1. The monoisotopic (exact) mass is 307 g/mol. The summed E-state index contributed by atoms with van der Waals surface area (Å²) in [6.45, 7) is 3.96. The van der Waals surface area contributed by atoms with Gasteiger partial charge in [-0.15, -0.1) is 10.2 Å². The molecule has 2 N–H and O–H groups in total. The molecule has 0 spiro atoms. The van der Waals surface area contributed by atoms with Crippen LogP contribution in [-0.4, -0.2) is 41.8 Å². The highest BCUT2D eigenvalue weighted by atomic mass is 32.2. The Morgan fingerprint density at radius 1 is 1.43 bits per heavy atom. The van der Waals surface area contributed by atoms with Crippen molar-refractivity contribution in [2.75, 3.05) is 5.75 Å². The van der Waals surface area contributed by atoms with Crippen molar-refractivity contribution in [2.24, 2.45) is 0 Å². The van der Waals surface area contributed by atoms with E-state index >= 15 is 0 Å². The molecule has 0 amide bonds. The molecule has 0 aromatic carbocycles. The first-order valence-electron chi connectivity index (χ1n) is 6.85. The molecule has 2 aromatic rings. The highest BCUT2D eigenvalue weighted by molar-refractivity contribution is 7.99. The minimum Gasteiger partial charge on any atom is -0.481 e. The fraction of sp³-hybridized carbons (Fsp3) is 0.538. The van der Waals surface area contributed by atoms with E-state index in [-0.39, 0.29) is 5.75 Å². The van der Waals surface area contributed by atoms with Crippen LogP contribution in [0.15, 0.2) is 5.16 Å². The van der Waals surface area contributed by atoms with Gasteiger partial charge in [-0.3, -0.25) is 9.89 Å². The number of hydrogen-bond donors (Lipinski definition) is 2. The SMILES string of the molecule is Cc1n[nH]c(C)c1Cc1nnc(SCC(=O)O)n1C1CC1. The predicted octanol–water partition coefficient (Wildman–Crippen LogP) is 1.72. The van der Waals surface area contributed by atoms with E-state index in [0.29, 0.717) is 17.6 Å². The molecule has 8 heteroatoms. The summed E-state index contributed by atoms with van der Waals surface area (Å²) in [6, 6.07) is 0.416. The van der Waals surface area contributed by atoms with Gasteiger partial charge in [-0.2, -0.15) is 5.10 Å². The molecular formula is C13H17N5O2S. The summed E-state index contributed by atoms with van der Waals surface area (Å²) in [5, 5.41) is 25.1. The molecule has 112 valence electrons. The normalized spacial score (nSPS) is 14.6. The average molecular weight is 307 g/mol. The molecule has 0 unspecified atom stereocenters. The van der Waals surface area contributed by atoms with E-state index < -0.39 is 5.97 Å². The van der Waals surface area contributed by atoms with Crippen molar-refractivity contribution in [1.29, 1.82) is 0 Å². The zero-order valence-corrected chi connectivity index (χ0v) is 12.8. The molecule has 2 aromatic heterocycles. The third kappa shape index (κ3) is 2.94. The minimum atomic E-state index is -0.839. The van der Waals surface area contributed by atoms with Crippen LogP contribution in [0.25, 0.3) is 0 Å². The lowest BCUT2D eigenvalue weighted by molar-refractivity contribution is -0.133. The summed E-state index contributed by atoms with van der Waals surface area (Å²) >= 11 is 1.23. The Morgan fingerprint density at radius 3 is 2.76 bits per heavy atom. The quantitative estimate of drug-likeness (QED) is 0.789. The van der Waals surface area contributed by atoms with Gasteiger partial charge in [-0.1, -0.05) is 11.8 Å². The molecule has 3 rings (SSSR count). The van der Waals surface area contributed by atoms with E-state index in [1.54, 1.807) is 0 Å². The molecule has 0 radical (unpaired) electrons. The fourth-order valence-electron chi connectivity index (χ4n) is 2.34. The number of carboxylic acids is 1. The van der Waals surface area contributed by atoms with Gasteiger partial charge in [-0.25, -0.2) is 0 Å². The van der Waals surface area contributed by atoms with Crippen molar-refractivity contribution in [3.05, 3.63) is 22.8 Å². The summed E-state index contributed by atoms with van der Waals surface area (Å²) in [7, 11) is 0. The molecule has 0 atom stereocenters. The smallest absolute Gasteiger partial charge is 0.313 e. The van der Waals surface area contributed by atoms with Gasteiger partial charge in [-0.05, 0) is 26.7 Å². The summed E-state index contributed by atoms with van der Waals surface area (Å²) in [6.07, 6.45) is 2.88. The summed E-state index contributed by atoms with van der Waals surface area (Å²) in [5.41, 5.74) is 3.15. The Labute approximate surface area is 126 Å². The third-order valence-corrected chi connectivity index (χ3v) is 4.52. The van der Waals surface area contributed by atoms with Crippen LogP contribution in [0.3, 0.4) is 0 Å². The van der Waals surface area contributed by atoms with Crippen molar-refractivity contribution in [1.82, 2.24) is 25.0 Å². The summed E-state index contributed by atoms with van der Waals surface area (Å²) < 4.78 is 2.10. The van der Waals surface area contributed by atoms with Crippen molar-refractivity contribution in [3.8, 4) is 0 Å². The zero-order valence-electron chi connectivity index (χ0n) is 12.0. The number of aromatic nitrogens is 5. The Balaban J connectivity index is 1.87. The van der Waals surface area contributed by atoms with Crippen molar-refractivity contribution < 1.29 is 9.90 Å². The van der Waals surface area contributed by atoms with E-state index in [1.807, 2.05) is 13.8 Å². The fourth-order valence-corrected chi connectivity index (χ4v) is 3.09. The van der Waals surface area contributed by atoms with Crippen LogP contribution in [0.4, 0.5) is 0 Å². The van der Waals surface area contributed by atoms with Crippen molar-refractivity contribution >= 4 is 17.7 Å². The highest BCUT2D eigenvalue weighted by Gasteiger charge is 2.30. The second-order valence-electron chi connectivity index (χ2n) is 5.27. The Hall–Kier alpha value is -1.83.